The van der Waals surface area contributed by atoms with Crippen molar-refractivity contribution in [3.8, 4) is 0 Å². The summed E-state index contributed by atoms with van der Waals surface area (Å²) in [5, 5.41) is 0. The van der Waals surface area contributed by atoms with Crippen LogP contribution in [0.5, 0.6) is 0 Å². The smallest absolute Gasteiger partial charge is 0.414 e. The Balaban J connectivity index is 1.68. The van der Waals surface area contributed by atoms with E-state index in [0.29, 0.717) is 11.7 Å². The summed E-state index contributed by atoms with van der Waals surface area (Å²) < 4.78 is 12.6. The summed E-state index contributed by atoms with van der Waals surface area (Å²) in [5.41, 5.74) is -0.380. The van der Waals surface area contributed by atoms with E-state index in [-0.39, 0.29) is 11.6 Å². The topological polar surface area (TPSA) is 64.0 Å². The monoisotopic (exact) mass is 391 g/mol. The fourth-order valence-corrected chi connectivity index (χ4v) is 4.11. The summed E-state index contributed by atoms with van der Waals surface area (Å²) >= 11 is 0. The number of nitrogens with zero attached hydrogens (tertiary/aromatic N) is 3. The third kappa shape index (κ3) is 4.94. The molecule has 2 aliphatic rings. The number of carbonyl (C=O) groups is 1. The second kappa shape index (κ2) is 8.66. The van der Waals surface area contributed by atoms with Gasteiger partial charge < -0.3 is 14.0 Å². The Kier molecular flexibility index (Phi) is 6.45. The number of morpholine rings is 1. The van der Waals surface area contributed by atoms with E-state index in [4.69, 9.17) is 9.47 Å². The molecule has 1 saturated carbocycles. The summed E-state index contributed by atoms with van der Waals surface area (Å²) in [5.74, 6) is 0. The van der Waals surface area contributed by atoms with Gasteiger partial charge in [-0.25, -0.2) is 4.79 Å². The van der Waals surface area contributed by atoms with Gasteiger partial charge in [-0.1, -0.05) is 0 Å². The van der Waals surface area contributed by atoms with E-state index in [1.165, 1.54) is 4.90 Å². The van der Waals surface area contributed by atoms with Crippen molar-refractivity contribution in [2.75, 3.05) is 38.3 Å². The Labute approximate surface area is 167 Å². The van der Waals surface area contributed by atoms with Gasteiger partial charge in [-0.05, 0) is 58.6 Å². The zero-order valence-electron chi connectivity index (χ0n) is 17.5. The van der Waals surface area contributed by atoms with Crippen LogP contribution in [0.1, 0.15) is 52.5 Å². The Morgan fingerprint density at radius 3 is 2.36 bits per heavy atom. The molecule has 156 valence electrons. The number of hydrogen-bond donors (Lipinski definition) is 0. The van der Waals surface area contributed by atoms with Crippen LogP contribution in [-0.2, 0) is 9.47 Å². The predicted octanol–water partition coefficient (Wildman–Crippen LogP) is 3.04. The molecule has 1 saturated heterocycles. The molecule has 0 aromatic carbocycles. The van der Waals surface area contributed by atoms with Crippen molar-refractivity contribution < 1.29 is 14.3 Å². The molecule has 1 amide bonds. The zero-order valence-corrected chi connectivity index (χ0v) is 17.5. The second-order valence-electron chi connectivity index (χ2n) is 8.76. The third-order valence-corrected chi connectivity index (χ3v) is 5.60. The number of ether oxygens (including phenoxy) is 2. The van der Waals surface area contributed by atoms with Crippen LogP contribution in [0.15, 0.2) is 23.1 Å². The van der Waals surface area contributed by atoms with Crippen molar-refractivity contribution in [2.24, 2.45) is 0 Å². The van der Waals surface area contributed by atoms with Gasteiger partial charge in [0.15, 0.2) is 0 Å². The maximum Gasteiger partial charge on any atom is 0.414 e. The Morgan fingerprint density at radius 2 is 1.75 bits per heavy atom. The van der Waals surface area contributed by atoms with E-state index in [0.717, 1.165) is 52.0 Å². The van der Waals surface area contributed by atoms with Gasteiger partial charge in [-0.3, -0.25) is 14.6 Å². The minimum absolute atomic E-state index is 0.134. The highest BCUT2D eigenvalue weighted by molar-refractivity contribution is 5.86. The number of anilines is 1. The molecule has 0 bridgehead atoms. The minimum Gasteiger partial charge on any atom is -0.443 e. The number of amides is 1. The highest BCUT2D eigenvalue weighted by Crippen LogP contribution is 2.31. The lowest BCUT2D eigenvalue weighted by Crippen LogP contribution is -2.45. The largest absolute Gasteiger partial charge is 0.443 e. The molecule has 2 fully saturated rings. The molecule has 1 aliphatic heterocycles. The summed E-state index contributed by atoms with van der Waals surface area (Å²) in [6.45, 7) is 9.09. The normalized spacial score (nSPS) is 24.0. The molecule has 28 heavy (non-hydrogen) atoms. The second-order valence-corrected chi connectivity index (χ2v) is 8.76. The number of carbonyl (C=O) groups excluding carboxylic acids is 1. The van der Waals surface area contributed by atoms with Crippen LogP contribution in [0.4, 0.5) is 10.5 Å². The Bertz CT molecular complexity index is 726. The van der Waals surface area contributed by atoms with Gasteiger partial charge in [0, 0.05) is 38.4 Å². The first-order valence-electron chi connectivity index (χ1n) is 10.3. The van der Waals surface area contributed by atoms with E-state index in [1.807, 2.05) is 33.0 Å². The summed E-state index contributed by atoms with van der Waals surface area (Å²) in [6.07, 6.45) is 5.45. The highest BCUT2D eigenvalue weighted by atomic mass is 16.6. The number of rotatable bonds is 3. The predicted molar refractivity (Wildman–Crippen MR) is 109 cm³/mol. The fourth-order valence-electron chi connectivity index (χ4n) is 4.11. The molecular weight excluding hydrogens is 358 g/mol. The molecule has 7 nitrogen and oxygen atoms in total. The molecule has 1 aliphatic carbocycles. The summed E-state index contributed by atoms with van der Waals surface area (Å²) in [6, 6.07) is 4.29. The van der Waals surface area contributed by atoms with Crippen LogP contribution in [0.3, 0.4) is 0 Å². The number of pyridine rings is 1. The fraction of sp³-hybridized carbons (Fsp3) is 0.714. The molecule has 0 radical (unpaired) electrons. The van der Waals surface area contributed by atoms with Gasteiger partial charge in [0.05, 0.1) is 13.2 Å². The Hall–Kier alpha value is -1.86. The standard InChI is InChI=1S/C21H33N3O4/c1-21(2,3)28-20(26)22(4)18-6-5-11-24(19(18)25)17-9-7-16(8-10-17)23-12-14-27-15-13-23/h5-6,11,16-17H,7-10,12-15H2,1-4H3. The molecule has 2 heterocycles. The lowest BCUT2D eigenvalue weighted by Gasteiger charge is -2.39. The first-order chi connectivity index (χ1) is 13.3. The van der Waals surface area contributed by atoms with Crippen LogP contribution in [0.2, 0.25) is 0 Å². The molecule has 7 heteroatoms. The van der Waals surface area contributed by atoms with Crippen molar-refractivity contribution in [2.45, 2.75) is 64.1 Å². The summed E-state index contributed by atoms with van der Waals surface area (Å²) in [4.78, 5) is 29.2. The molecule has 0 unspecified atom stereocenters. The van der Waals surface area contributed by atoms with Crippen molar-refractivity contribution in [3.05, 3.63) is 28.7 Å². The minimum atomic E-state index is -0.600. The van der Waals surface area contributed by atoms with Crippen molar-refractivity contribution >= 4 is 11.8 Å². The van der Waals surface area contributed by atoms with Gasteiger partial charge in [0.2, 0.25) is 0 Å². The van der Waals surface area contributed by atoms with Crippen LogP contribution in [0.25, 0.3) is 0 Å². The van der Waals surface area contributed by atoms with Crippen LogP contribution >= 0.6 is 0 Å². The lowest BCUT2D eigenvalue weighted by molar-refractivity contribution is 0.00535. The SMILES string of the molecule is CN(C(=O)OC(C)(C)C)c1cccn(C2CCC(N3CCOCC3)CC2)c1=O. The first-order valence-corrected chi connectivity index (χ1v) is 10.3. The van der Waals surface area contributed by atoms with Gasteiger partial charge in [0.25, 0.3) is 5.56 Å². The van der Waals surface area contributed by atoms with E-state index >= 15 is 0 Å². The number of aromatic nitrogens is 1. The van der Waals surface area contributed by atoms with Gasteiger partial charge in [-0.2, -0.15) is 0 Å². The molecule has 0 atom stereocenters. The van der Waals surface area contributed by atoms with E-state index in [9.17, 15) is 9.59 Å². The molecule has 1 aromatic rings. The van der Waals surface area contributed by atoms with Gasteiger partial charge >= 0.3 is 6.09 Å². The molecule has 1 aromatic heterocycles. The van der Waals surface area contributed by atoms with Gasteiger partial charge in [0.1, 0.15) is 11.3 Å². The van der Waals surface area contributed by atoms with Gasteiger partial charge in [-0.15, -0.1) is 0 Å². The van der Waals surface area contributed by atoms with E-state index in [1.54, 1.807) is 17.7 Å². The maximum absolute atomic E-state index is 13.0. The van der Waals surface area contributed by atoms with Crippen LogP contribution < -0.4 is 10.5 Å². The van der Waals surface area contributed by atoms with Crippen LogP contribution in [-0.4, -0.2) is 60.6 Å². The average Bonchev–Trinajstić information content (AvgIpc) is 2.67. The molecule has 3 rings (SSSR count). The Morgan fingerprint density at radius 1 is 1.14 bits per heavy atom. The summed E-state index contributed by atoms with van der Waals surface area (Å²) in [7, 11) is 1.59. The van der Waals surface area contributed by atoms with Crippen molar-refractivity contribution in [1.29, 1.82) is 0 Å². The van der Waals surface area contributed by atoms with Crippen molar-refractivity contribution in [3.63, 3.8) is 0 Å². The average molecular weight is 392 g/mol. The quantitative estimate of drug-likeness (QED) is 0.792. The molecule has 0 spiro atoms. The highest BCUT2D eigenvalue weighted by Gasteiger charge is 2.29. The third-order valence-electron chi connectivity index (χ3n) is 5.60. The van der Waals surface area contributed by atoms with Crippen molar-refractivity contribution in [1.82, 2.24) is 9.47 Å². The first kappa shape index (κ1) is 20.9. The van der Waals surface area contributed by atoms with Crippen LogP contribution in [0, 0.1) is 0 Å². The van der Waals surface area contributed by atoms with E-state index in [2.05, 4.69) is 4.90 Å². The van der Waals surface area contributed by atoms with E-state index < -0.39 is 11.7 Å². The molecule has 0 N–H and O–H groups in total. The zero-order chi connectivity index (χ0) is 20.3. The molecular formula is C21H33N3O4. The lowest BCUT2D eigenvalue weighted by atomic mass is 9.89. The maximum atomic E-state index is 13.0. The number of hydrogen-bond acceptors (Lipinski definition) is 5.